The maximum Gasteiger partial charge on any atom is 0.225 e. The Kier molecular flexibility index (Phi) is 5.41. The predicted molar refractivity (Wildman–Crippen MR) is 95.9 cm³/mol. The van der Waals surface area contributed by atoms with Crippen LogP contribution in [0.2, 0.25) is 0 Å². The number of piperidine rings is 1. The van der Waals surface area contributed by atoms with E-state index in [1.54, 1.807) is 6.20 Å². The summed E-state index contributed by atoms with van der Waals surface area (Å²) in [5.74, 6) is 1.03. The van der Waals surface area contributed by atoms with Gasteiger partial charge < -0.3 is 19.1 Å². The standard InChI is InChI=1S/C20H28N2O4/c23-19(16-6-12-24-13-7-16)22-10-5-17-20(14-22,8-3-11-25-17)15-26-18-4-1-2-9-21-18/h1-2,4,9,16-17H,3,5-8,10-15H2/t17-,20+/m0/s1. The van der Waals surface area contributed by atoms with Crippen molar-refractivity contribution in [3.8, 4) is 5.88 Å². The number of amides is 1. The zero-order chi connectivity index (χ0) is 17.8. The van der Waals surface area contributed by atoms with E-state index in [1.807, 2.05) is 18.2 Å². The zero-order valence-corrected chi connectivity index (χ0v) is 15.3. The van der Waals surface area contributed by atoms with E-state index in [-0.39, 0.29) is 23.3 Å². The Hall–Kier alpha value is -1.66. The summed E-state index contributed by atoms with van der Waals surface area (Å²) < 4.78 is 17.5. The largest absolute Gasteiger partial charge is 0.477 e. The van der Waals surface area contributed by atoms with Gasteiger partial charge in [0.1, 0.15) is 0 Å². The number of ether oxygens (including phenoxy) is 3. The lowest BCUT2D eigenvalue weighted by atomic mass is 9.72. The van der Waals surface area contributed by atoms with E-state index in [1.165, 1.54) is 0 Å². The summed E-state index contributed by atoms with van der Waals surface area (Å²) in [6.07, 6.45) is 6.52. The fourth-order valence-corrected chi connectivity index (χ4v) is 4.54. The van der Waals surface area contributed by atoms with Gasteiger partial charge in [-0.25, -0.2) is 4.98 Å². The van der Waals surface area contributed by atoms with E-state index < -0.39 is 0 Å². The van der Waals surface area contributed by atoms with Crippen LogP contribution in [-0.2, 0) is 14.3 Å². The molecule has 3 fully saturated rings. The molecule has 0 spiro atoms. The van der Waals surface area contributed by atoms with Crippen LogP contribution in [0, 0.1) is 11.3 Å². The quantitative estimate of drug-likeness (QED) is 0.824. The number of rotatable bonds is 4. The Morgan fingerprint density at radius 1 is 1.27 bits per heavy atom. The molecule has 26 heavy (non-hydrogen) atoms. The first-order valence-corrected chi connectivity index (χ1v) is 9.79. The lowest BCUT2D eigenvalue weighted by Crippen LogP contribution is -2.59. The molecule has 0 bridgehead atoms. The van der Waals surface area contributed by atoms with Gasteiger partial charge in [0.2, 0.25) is 11.8 Å². The van der Waals surface area contributed by atoms with Crippen molar-refractivity contribution in [1.82, 2.24) is 9.88 Å². The van der Waals surface area contributed by atoms with Gasteiger partial charge in [-0.3, -0.25) is 4.79 Å². The molecule has 0 saturated carbocycles. The lowest BCUT2D eigenvalue weighted by molar-refractivity contribution is -0.162. The van der Waals surface area contributed by atoms with Gasteiger partial charge in [0.25, 0.3) is 0 Å². The summed E-state index contributed by atoms with van der Waals surface area (Å²) in [5, 5.41) is 0. The van der Waals surface area contributed by atoms with Crippen molar-refractivity contribution in [2.24, 2.45) is 11.3 Å². The molecule has 1 aromatic rings. The molecular weight excluding hydrogens is 332 g/mol. The Balaban J connectivity index is 1.46. The number of fused-ring (bicyclic) bond motifs is 1. The van der Waals surface area contributed by atoms with E-state index >= 15 is 0 Å². The summed E-state index contributed by atoms with van der Waals surface area (Å²) in [6.45, 7) is 4.26. The monoisotopic (exact) mass is 360 g/mol. The Bertz CT molecular complexity index is 605. The number of carbonyl (C=O) groups is 1. The second-order valence-electron chi connectivity index (χ2n) is 7.72. The van der Waals surface area contributed by atoms with E-state index in [4.69, 9.17) is 14.2 Å². The highest BCUT2D eigenvalue weighted by molar-refractivity contribution is 5.79. The molecule has 4 heterocycles. The lowest BCUT2D eigenvalue weighted by Gasteiger charge is -2.50. The third kappa shape index (κ3) is 3.71. The highest BCUT2D eigenvalue weighted by Crippen LogP contribution is 2.41. The Morgan fingerprint density at radius 3 is 2.96 bits per heavy atom. The summed E-state index contributed by atoms with van der Waals surface area (Å²) in [4.78, 5) is 19.3. The van der Waals surface area contributed by atoms with Crippen LogP contribution in [0.1, 0.15) is 32.1 Å². The molecule has 0 radical (unpaired) electrons. The van der Waals surface area contributed by atoms with Crippen LogP contribution in [0.25, 0.3) is 0 Å². The number of aromatic nitrogens is 1. The van der Waals surface area contributed by atoms with Crippen LogP contribution < -0.4 is 4.74 Å². The molecule has 2 atom stereocenters. The van der Waals surface area contributed by atoms with Crippen LogP contribution in [0.3, 0.4) is 0 Å². The van der Waals surface area contributed by atoms with Crippen molar-refractivity contribution in [3.05, 3.63) is 24.4 Å². The topological polar surface area (TPSA) is 60.9 Å². The minimum Gasteiger partial charge on any atom is -0.477 e. The molecule has 1 aromatic heterocycles. The molecule has 3 saturated heterocycles. The predicted octanol–water partition coefficient (Wildman–Crippen LogP) is 2.28. The van der Waals surface area contributed by atoms with E-state index in [0.717, 1.165) is 51.8 Å². The second kappa shape index (κ2) is 7.92. The summed E-state index contributed by atoms with van der Waals surface area (Å²) in [6, 6.07) is 5.69. The van der Waals surface area contributed by atoms with E-state index in [9.17, 15) is 4.79 Å². The van der Waals surface area contributed by atoms with Crippen molar-refractivity contribution in [3.63, 3.8) is 0 Å². The van der Waals surface area contributed by atoms with Crippen molar-refractivity contribution >= 4 is 5.91 Å². The number of carbonyl (C=O) groups excluding carboxylic acids is 1. The minimum atomic E-state index is -0.130. The Morgan fingerprint density at radius 2 is 2.15 bits per heavy atom. The van der Waals surface area contributed by atoms with E-state index in [0.29, 0.717) is 25.7 Å². The first-order valence-electron chi connectivity index (χ1n) is 9.79. The Labute approximate surface area is 154 Å². The highest BCUT2D eigenvalue weighted by atomic mass is 16.5. The molecular formula is C20H28N2O4. The molecule has 0 unspecified atom stereocenters. The average Bonchev–Trinajstić information content (AvgIpc) is 2.73. The van der Waals surface area contributed by atoms with Crippen molar-refractivity contribution in [1.29, 1.82) is 0 Å². The highest BCUT2D eigenvalue weighted by Gasteiger charge is 2.48. The fraction of sp³-hybridized carbons (Fsp3) is 0.700. The van der Waals surface area contributed by atoms with Gasteiger partial charge in [-0.1, -0.05) is 6.07 Å². The molecule has 6 heteroatoms. The van der Waals surface area contributed by atoms with Gasteiger partial charge in [-0.2, -0.15) is 0 Å². The molecule has 3 aliphatic rings. The molecule has 4 rings (SSSR count). The number of hydrogen-bond acceptors (Lipinski definition) is 5. The van der Waals surface area contributed by atoms with Crippen molar-refractivity contribution in [2.75, 3.05) is 39.5 Å². The zero-order valence-electron chi connectivity index (χ0n) is 15.3. The van der Waals surface area contributed by atoms with Crippen molar-refractivity contribution < 1.29 is 19.0 Å². The average molecular weight is 360 g/mol. The maximum atomic E-state index is 13.0. The first kappa shape index (κ1) is 17.7. The van der Waals surface area contributed by atoms with Gasteiger partial charge in [0, 0.05) is 56.5 Å². The summed E-state index contributed by atoms with van der Waals surface area (Å²) in [7, 11) is 0. The van der Waals surface area contributed by atoms with Gasteiger partial charge in [-0.05, 0) is 38.2 Å². The fourth-order valence-electron chi connectivity index (χ4n) is 4.54. The van der Waals surface area contributed by atoms with Crippen LogP contribution in [0.4, 0.5) is 0 Å². The number of hydrogen-bond donors (Lipinski definition) is 0. The molecule has 0 N–H and O–H groups in total. The smallest absolute Gasteiger partial charge is 0.225 e. The number of pyridine rings is 1. The normalized spacial score (nSPS) is 29.8. The van der Waals surface area contributed by atoms with Gasteiger partial charge in [-0.15, -0.1) is 0 Å². The van der Waals surface area contributed by atoms with Gasteiger partial charge in [0.05, 0.1) is 12.7 Å². The number of nitrogens with zero attached hydrogens (tertiary/aromatic N) is 2. The molecule has 142 valence electrons. The molecule has 1 amide bonds. The molecule has 3 aliphatic heterocycles. The maximum absolute atomic E-state index is 13.0. The minimum absolute atomic E-state index is 0.110. The van der Waals surface area contributed by atoms with E-state index in [2.05, 4.69) is 9.88 Å². The third-order valence-electron chi connectivity index (χ3n) is 6.02. The van der Waals surface area contributed by atoms with Gasteiger partial charge >= 0.3 is 0 Å². The summed E-state index contributed by atoms with van der Waals surface area (Å²) in [5.41, 5.74) is -0.130. The second-order valence-corrected chi connectivity index (χ2v) is 7.72. The van der Waals surface area contributed by atoms with Crippen LogP contribution in [0.15, 0.2) is 24.4 Å². The summed E-state index contributed by atoms with van der Waals surface area (Å²) >= 11 is 0. The molecule has 0 aromatic carbocycles. The van der Waals surface area contributed by atoms with Crippen molar-refractivity contribution in [2.45, 2.75) is 38.2 Å². The third-order valence-corrected chi connectivity index (χ3v) is 6.02. The first-order chi connectivity index (χ1) is 12.8. The van der Waals surface area contributed by atoms with Crippen LogP contribution in [0.5, 0.6) is 5.88 Å². The SMILES string of the molecule is O=C(C1CCOCC1)N1CC[C@@H]2OCCC[C@]2(COc2ccccn2)C1. The number of likely N-dealkylation sites (tertiary alicyclic amines) is 1. The van der Waals surface area contributed by atoms with Gasteiger partial charge in [0.15, 0.2) is 0 Å². The molecule has 0 aliphatic carbocycles. The van der Waals surface area contributed by atoms with Crippen LogP contribution in [-0.4, -0.2) is 61.4 Å². The van der Waals surface area contributed by atoms with Crippen LogP contribution >= 0.6 is 0 Å². The molecule has 6 nitrogen and oxygen atoms in total.